The maximum atomic E-state index is 12.9. The summed E-state index contributed by atoms with van der Waals surface area (Å²) in [4.78, 5) is 4.48. The van der Waals surface area contributed by atoms with E-state index in [-0.39, 0.29) is 5.82 Å². The van der Waals surface area contributed by atoms with Crippen LogP contribution in [0.25, 0.3) is 22.0 Å². The molecule has 2 heteroatoms. The fraction of sp³-hybridized carbons (Fsp3) is 0.0625. The van der Waals surface area contributed by atoms with Gasteiger partial charge in [-0.2, -0.15) is 0 Å². The molecule has 0 radical (unpaired) electrons. The number of nitrogens with zero attached hydrogens (tertiary/aromatic N) is 1. The highest BCUT2D eigenvalue weighted by atomic mass is 19.1. The molecule has 18 heavy (non-hydrogen) atoms. The van der Waals surface area contributed by atoms with Crippen molar-refractivity contribution < 1.29 is 4.39 Å². The summed E-state index contributed by atoms with van der Waals surface area (Å²) in [7, 11) is 0. The molecule has 1 nitrogen and oxygen atoms in total. The van der Waals surface area contributed by atoms with E-state index < -0.39 is 0 Å². The molecular formula is C16H12FN. The molecule has 1 heterocycles. The summed E-state index contributed by atoms with van der Waals surface area (Å²) in [6, 6.07) is 14.6. The molecule has 0 saturated heterocycles. The summed E-state index contributed by atoms with van der Waals surface area (Å²) in [5, 5.41) is 2.31. The summed E-state index contributed by atoms with van der Waals surface area (Å²) in [6.07, 6.45) is 1.86. The van der Waals surface area contributed by atoms with E-state index in [4.69, 9.17) is 0 Å². The molecule has 0 unspecified atom stereocenters. The molecule has 0 aliphatic carbocycles. The van der Waals surface area contributed by atoms with Crippen LogP contribution in [0.4, 0.5) is 4.39 Å². The van der Waals surface area contributed by atoms with Gasteiger partial charge in [0, 0.05) is 17.1 Å². The van der Waals surface area contributed by atoms with E-state index in [2.05, 4.69) is 11.1 Å². The van der Waals surface area contributed by atoms with Gasteiger partial charge in [0.25, 0.3) is 0 Å². The second kappa shape index (κ2) is 4.22. The Morgan fingerprint density at radius 1 is 0.944 bits per heavy atom. The van der Waals surface area contributed by atoms with Gasteiger partial charge in [-0.1, -0.05) is 24.3 Å². The highest BCUT2D eigenvalue weighted by Crippen LogP contribution is 2.27. The quantitative estimate of drug-likeness (QED) is 0.613. The highest BCUT2D eigenvalue weighted by Gasteiger charge is 2.07. The zero-order chi connectivity index (χ0) is 12.5. The van der Waals surface area contributed by atoms with Crippen LogP contribution in [0.15, 0.2) is 54.7 Å². The maximum absolute atomic E-state index is 12.9. The summed E-state index contributed by atoms with van der Waals surface area (Å²) >= 11 is 0. The van der Waals surface area contributed by atoms with Gasteiger partial charge in [-0.25, -0.2) is 4.39 Å². The Hall–Kier alpha value is -2.22. The summed E-state index contributed by atoms with van der Waals surface area (Å²) in [5.74, 6) is -0.225. The first-order chi connectivity index (χ1) is 8.75. The van der Waals surface area contributed by atoms with Crippen LogP contribution in [0, 0.1) is 12.7 Å². The lowest BCUT2D eigenvalue weighted by molar-refractivity contribution is 0.628. The van der Waals surface area contributed by atoms with Crippen LogP contribution in [0.5, 0.6) is 0 Å². The molecule has 0 N–H and O–H groups in total. The Morgan fingerprint density at radius 2 is 1.67 bits per heavy atom. The summed E-state index contributed by atoms with van der Waals surface area (Å²) in [5.41, 5.74) is 2.98. The van der Waals surface area contributed by atoms with Crippen LogP contribution in [-0.4, -0.2) is 4.98 Å². The molecule has 0 amide bonds. The van der Waals surface area contributed by atoms with E-state index in [0.29, 0.717) is 0 Å². The minimum Gasteiger partial charge on any atom is -0.255 e. The van der Waals surface area contributed by atoms with Gasteiger partial charge in [0.15, 0.2) is 0 Å². The van der Waals surface area contributed by atoms with Gasteiger partial charge in [0.2, 0.25) is 0 Å². The van der Waals surface area contributed by atoms with Gasteiger partial charge in [0.05, 0.1) is 5.69 Å². The minimum atomic E-state index is -0.225. The van der Waals surface area contributed by atoms with E-state index in [1.54, 1.807) is 12.1 Å². The molecule has 3 rings (SSSR count). The monoisotopic (exact) mass is 237 g/mol. The van der Waals surface area contributed by atoms with Crippen LogP contribution < -0.4 is 0 Å². The average Bonchev–Trinajstić information content (AvgIpc) is 2.41. The van der Waals surface area contributed by atoms with Gasteiger partial charge in [-0.15, -0.1) is 0 Å². The largest absolute Gasteiger partial charge is 0.255 e. The average molecular weight is 237 g/mol. The third kappa shape index (κ3) is 1.76. The first kappa shape index (κ1) is 10.9. The van der Waals surface area contributed by atoms with Gasteiger partial charge < -0.3 is 0 Å². The number of hydrogen-bond donors (Lipinski definition) is 0. The summed E-state index contributed by atoms with van der Waals surface area (Å²) in [6.45, 7) is 2.05. The number of fused-ring (bicyclic) bond motifs is 1. The number of benzene rings is 2. The van der Waals surface area contributed by atoms with E-state index in [0.717, 1.165) is 22.2 Å². The molecule has 0 spiro atoms. The third-order valence-corrected chi connectivity index (χ3v) is 3.17. The lowest BCUT2D eigenvalue weighted by atomic mass is 10.0. The number of halogens is 1. The Kier molecular flexibility index (Phi) is 2.56. The Morgan fingerprint density at radius 3 is 2.44 bits per heavy atom. The topological polar surface area (TPSA) is 12.9 Å². The van der Waals surface area contributed by atoms with Gasteiger partial charge in [-0.05, 0) is 42.1 Å². The van der Waals surface area contributed by atoms with Crippen molar-refractivity contribution in [3.8, 4) is 11.3 Å². The van der Waals surface area contributed by atoms with Crippen LogP contribution in [-0.2, 0) is 0 Å². The summed E-state index contributed by atoms with van der Waals surface area (Å²) < 4.78 is 12.9. The molecule has 0 aliphatic rings. The standard InChI is InChI=1S/C16H12FN/c1-11-15-5-3-2-4-13(15)10-18-16(11)12-6-8-14(17)9-7-12/h2-10H,1H3. The molecule has 88 valence electrons. The third-order valence-electron chi connectivity index (χ3n) is 3.17. The molecule has 0 fully saturated rings. The fourth-order valence-electron chi connectivity index (χ4n) is 2.21. The minimum absolute atomic E-state index is 0.225. The Balaban J connectivity index is 2.24. The van der Waals surface area contributed by atoms with Crippen LogP contribution >= 0.6 is 0 Å². The van der Waals surface area contributed by atoms with Crippen LogP contribution in [0.3, 0.4) is 0 Å². The highest BCUT2D eigenvalue weighted by molar-refractivity contribution is 5.89. The van der Waals surface area contributed by atoms with E-state index >= 15 is 0 Å². The van der Waals surface area contributed by atoms with Crippen molar-refractivity contribution in [2.24, 2.45) is 0 Å². The SMILES string of the molecule is Cc1c(-c2ccc(F)cc2)ncc2ccccc12. The fourth-order valence-corrected chi connectivity index (χ4v) is 2.21. The van der Waals surface area contributed by atoms with E-state index in [1.165, 1.54) is 17.5 Å². The number of hydrogen-bond acceptors (Lipinski definition) is 1. The predicted molar refractivity (Wildman–Crippen MR) is 71.9 cm³/mol. The van der Waals surface area contributed by atoms with Crippen molar-refractivity contribution in [2.45, 2.75) is 6.92 Å². The zero-order valence-corrected chi connectivity index (χ0v) is 10.0. The Labute approximate surface area is 105 Å². The normalized spacial score (nSPS) is 10.8. The molecule has 0 bridgehead atoms. The Bertz CT molecular complexity index is 702. The lowest BCUT2D eigenvalue weighted by Crippen LogP contribution is -1.90. The molecule has 3 aromatic rings. The number of aromatic nitrogens is 1. The first-order valence-electron chi connectivity index (χ1n) is 5.86. The molecule has 0 atom stereocenters. The van der Waals surface area contributed by atoms with Crippen molar-refractivity contribution in [2.75, 3.05) is 0 Å². The van der Waals surface area contributed by atoms with Crippen LogP contribution in [0.1, 0.15) is 5.56 Å². The van der Waals surface area contributed by atoms with Gasteiger partial charge in [0.1, 0.15) is 5.82 Å². The number of aryl methyl sites for hydroxylation is 1. The molecule has 2 aromatic carbocycles. The van der Waals surface area contributed by atoms with Crippen molar-refractivity contribution in [3.05, 3.63) is 66.1 Å². The predicted octanol–water partition coefficient (Wildman–Crippen LogP) is 4.35. The molecular weight excluding hydrogens is 225 g/mol. The van der Waals surface area contributed by atoms with E-state index in [1.807, 2.05) is 31.3 Å². The van der Waals surface area contributed by atoms with Gasteiger partial charge in [-0.3, -0.25) is 4.98 Å². The smallest absolute Gasteiger partial charge is 0.123 e. The lowest BCUT2D eigenvalue weighted by Gasteiger charge is -2.08. The molecule has 0 aliphatic heterocycles. The number of pyridine rings is 1. The second-order valence-corrected chi connectivity index (χ2v) is 4.33. The van der Waals surface area contributed by atoms with Crippen molar-refractivity contribution >= 4 is 10.8 Å². The first-order valence-corrected chi connectivity index (χ1v) is 5.86. The molecule has 0 saturated carbocycles. The van der Waals surface area contributed by atoms with E-state index in [9.17, 15) is 4.39 Å². The molecule has 1 aromatic heterocycles. The van der Waals surface area contributed by atoms with Crippen LogP contribution in [0.2, 0.25) is 0 Å². The second-order valence-electron chi connectivity index (χ2n) is 4.33. The maximum Gasteiger partial charge on any atom is 0.123 e. The van der Waals surface area contributed by atoms with Crippen molar-refractivity contribution in [1.29, 1.82) is 0 Å². The van der Waals surface area contributed by atoms with Crippen molar-refractivity contribution in [1.82, 2.24) is 4.98 Å². The van der Waals surface area contributed by atoms with Gasteiger partial charge >= 0.3 is 0 Å². The number of rotatable bonds is 1. The zero-order valence-electron chi connectivity index (χ0n) is 10.0. The van der Waals surface area contributed by atoms with Crippen molar-refractivity contribution in [3.63, 3.8) is 0 Å².